The maximum atomic E-state index is 7.14. The van der Waals surface area contributed by atoms with E-state index in [1.165, 1.54) is 50.1 Å². The quantitative estimate of drug-likeness (QED) is 0.167. The van der Waals surface area contributed by atoms with E-state index < -0.39 is 5.41 Å². The molecule has 314 valence electrons. The van der Waals surface area contributed by atoms with Gasteiger partial charge < -0.3 is 9.47 Å². The van der Waals surface area contributed by atoms with E-state index in [2.05, 4.69) is 178 Å². The fraction of sp³-hybridized carbons (Fsp3) is 0.0984. The number of allylic oxidation sites excluding steroid dienone is 4. The van der Waals surface area contributed by atoms with E-state index >= 15 is 0 Å². The van der Waals surface area contributed by atoms with E-state index in [1.54, 1.807) is 0 Å². The fourth-order valence-corrected chi connectivity index (χ4v) is 11.2. The zero-order chi connectivity index (χ0) is 44.0. The summed E-state index contributed by atoms with van der Waals surface area (Å²) in [6.07, 6.45) is 6.52. The Labute approximate surface area is 384 Å². The van der Waals surface area contributed by atoms with Crippen LogP contribution in [-0.4, -0.2) is 15.0 Å². The molecule has 13 rings (SSSR count). The monoisotopic (exact) mass is 849 g/mol. The number of nitrogens with zero attached hydrogens (tertiary/aromatic N) is 3. The number of rotatable bonds is 6. The van der Waals surface area contributed by atoms with Gasteiger partial charge in [-0.05, 0) is 86.7 Å². The van der Waals surface area contributed by atoms with Gasteiger partial charge in [-0.3, -0.25) is 0 Å². The number of ether oxygens (including phenoxy) is 2. The molecule has 0 radical (unpaired) electrons. The lowest BCUT2D eigenvalue weighted by atomic mass is 9.65. The number of benzene rings is 8. The van der Waals surface area contributed by atoms with Crippen molar-refractivity contribution in [1.29, 1.82) is 0 Å². The molecule has 0 saturated carbocycles. The van der Waals surface area contributed by atoms with Crippen molar-refractivity contribution in [3.05, 3.63) is 239 Å². The van der Waals surface area contributed by atoms with Crippen LogP contribution in [0.1, 0.15) is 60.1 Å². The first-order valence-corrected chi connectivity index (χ1v) is 22.8. The summed E-state index contributed by atoms with van der Waals surface area (Å²) in [7, 11) is 0. The molecule has 1 aliphatic heterocycles. The number of para-hydroxylation sites is 1. The average Bonchev–Trinajstić information content (AvgIpc) is 3.82. The molecule has 0 fully saturated rings. The van der Waals surface area contributed by atoms with Crippen LogP contribution in [0.15, 0.2) is 206 Å². The van der Waals surface area contributed by atoms with Crippen LogP contribution in [0.4, 0.5) is 0 Å². The molecule has 0 amide bonds. The highest BCUT2D eigenvalue weighted by Gasteiger charge is 2.49. The maximum absolute atomic E-state index is 7.14. The van der Waals surface area contributed by atoms with Gasteiger partial charge in [-0.2, -0.15) is 0 Å². The molecular formula is C61H43N3O2. The Morgan fingerprint density at radius 3 is 1.79 bits per heavy atom. The van der Waals surface area contributed by atoms with E-state index in [0.29, 0.717) is 34.7 Å². The summed E-state index contributed by atoms with van der Waals surface area (Å²) < 4.78 is 14.2. The van der Waals surface area contributed by atoms with Gasteiger partial charge in [0.05, 0.1) is 5.41 Å². The van der Waals surface area contributed by atoms with Crippen LogP contribution in [-0.2, 0) is 10.8 Å². The molecule has 5 nitrogen and oxygen atoms in total. The average molecular weight is 850 g/mol. The van der Waals surface area contributed by atoms with Crippen LogP contribution in [0.3, 0.4) is 0 Å². The number of hydrogen-bond acceptors (Lipinski definition) is 5. The molecule has 0 spiro atoms. The Bertz CT molecular complexity index is 3460. The molecule has 8 aromatic carbocycles. The molecule has 0 N–H and O–H groups in total. The van der Waals surface area contributed by atoms with Gasteiger partial charge in [0.1, 0.15) is 0 Å². The summed E-state index contributed by atoms with van der Waals surface area (Å²) in [6.45, 7) is 4.60. The van der Waals surface area contributed by atoms with Crippen molar-refractivity contribution in [1.82, 2.24) is 15.0 Å². The summed E-state index contributed by atoms with van der Waals surface area (Å²) >= 11 is 0. The normalized spacial score (nSPS) is 15.4. The third-order valence-corrected chi connectivity index (χ3v) is 14.2. The second-order valence-corrected chi connectivity index (χ2v) is 18.1. The molecule has 2 heterocycles. The zero-order valence-electron chi connectivity index (χ0n) is 36.6. The van der Waals surface area contributed by atoms with Gasteiger partial charge in [0.2, 0.25) is 0 Å². The van der Waals surface area contributed by atoms with Gasteiger partial charge in [0.15, 0.2) is 40.5 Å². The van der Waals surface area contributed by atoms with Crippen LogP contribution in [0.2, 0.25) is 0 Å². The smallest absolute Gasteiger partial charge is 0.178 e. The molecule has 1 aromatic heterocycles. The molecule has 0 unspecified atom stereocenters. The Balaban J connectivity index is 0.942. The molecule has 66 heavy (non-hydrogen) atoms. The maximum Gasteiger partial charge on any atom is 0.178 e. The predicted molar refractivity (Wildman–Crippen MR) is 264 cm³/mol. The summed E-state index contributed by atoms with van der Waals surface area (Å²) in [6, 6.07) is 66.2. The van der Waals surface area contributed by atoms with Gasteiger partial charge >= 0.3 is 0 Å². The molecule has 0 atom stereocenters. The van der Waals surface area contributed by atoms with E-state index in [-0.39, 0.29) is 5.41 Å². The molecule has 9 aromatic rings. The minimum Gasteiger partial charge on any atom is -0.449 e. The van der Waals surface area contributed by atoms with Crippen molar-refractivity contribution >= 4 is 5.57 Å². The lowest BCUT2D eigenvalue weighted by molar-refractivity contribution is 0.359. The molecule has 3 aliphatic carbocycles. The van der Waals surface area contributed by atoms with E-state index in [0.717, 1.165) is 52.0 Å². The van der Waals surface area contributed by atoms with Crippen LogP contribution < -0.4 is 9.47 Å². The van der Waals surface area contributed by atoms with Crippen LogP contribution >= 0.6 is 0 Å². The van der Waals surface area contributed by atoms with Crippen LogP contribution in [0, 0.1) is 0 Å². The Kier molecular flexibility index (Phi) is 8.53. The van der Waals surface area contributed by atoms with Crippen LogP contribution in [0.25, 0.3) is 62.0 Å². The first-order valence-electron chi connectivity index (χ1n) is 22.8. The Hall–Kier alpha value is -8.15. The molecule has 4 aliphatic rings. The number of hydrogen-bond donors (Lipinski definition) is 0. The molecule has 0 bridgehead atoms. The minimum atomic E-state index is -0.472. The first kappa shape index (κ1) is 38.3. The van der Waals surface area contributed by atoms with Crippen molar-refractivity contribution in [2.45, 2.75) is 37.5 Å². The Morgan fingerprint density at radius 2 is 1.03 bits per heavy atom. The standard InChI is InChI=1S/C61H43N3O2/c1-60(2)48-30-16-14-26-43(48)44-34-33-39(37-51(44)60)58-62-57(38-19-6-3-7-20-38)63-59(64-58)46-27-13-12-25-42(46)45-29-18-32-52-55(45)65-53-36-35-50-54(56(53)66-52)47-28-15-17-31-49(47)61(50,40-21-8-4-9-22-40)41-23-10-5-11-24-41/h3-16,18-30,32-37H,17,31H2,1-2H3. The highest BCUT2D eigenvalue weighted by molar-refractivity contribution is 5.95. The van der Waals surface area contributed by atoms with Crippen molar-refractivity contribution in [3.8, 4) is 79.4 Å². The Morgan fingerprint density at radius 1 is 0.439 bits per heavy atom. The summed E-state index contributed by atoms with van der Waals surface area (Å²) in [4.78, 5) is 15.6. The third-order valence-electron chi connectivity index (χ3n) is 14.2. The van der Waals surface area contributed by atoms with Crippen LogP contribution in [0.5, 0.6) is 23.0 Å². The summed E-state index contributed by atoms with van der Waals surface area (Å²) in [5, 5.41) is 0. The lowest BCUT2D eigenvalue weighted by Crippen LogP contribution is -2.30. The highest BCUT2D eigenvalue weighted by Crippen LogP contribution is 2.63. The van der Waals surface area contributed by atoms with Gasteiger partial charge in [-0.1, -0.05) is 196 Å². The van der Waals surface area contributed by atoms with E-state index in [4.69, 9.17) is 24.4 Å². The SMILES string of the molecule is CC1(C)c2ccccc2-c2ccc(-c3nc(-c4ccccc4)nc(-c4ccccc4-c4cccc5c4Oc4ccc6c(c4O5)C4=C(CCC=C4)C6(c4ccccc4)c4ccccc4)n3)cc21. The first-order chi connectivity index (χ1) is 32.5. The fourth-order valence-electron chi connectivity index (χ4n) is 11.2. The molecule has 5 heteroatoms. The van der Waals surface area contributed by atoms with Gasteiger partial charge in [-0.15, -0.1) is 0 Å². The lowest BCUT2D eigenvalue weighted by Gasteiger charge is -2.36. The van der Waals surface area contributed by atoms with Gasteiger partial charge in [-0.25, -0.2) is 15.0 Å². The van der Waals surface area contributed by atoms with Gasteiger partial charge in [0, 0.05) is 33.2 Å². The van der Waals surface area contributed by atoms with Gasteiger partial charge in [0.25, 0.3) is 0 Å². The minimum absolute atomic E-state index is 0.168. The highest BCUT2D eigenvalue weighted by atomic mass is 16.6. The predicted octanol–water partition coefficient (Wildman–Crippen LogP) is 15.2. The topological polar surface area (TPSA) is 57.1 Å². The zero-order valence-corrected chi connectivity index (χ0v) is 36.6. The second-order valence-electron chi connectivity index (χ2n) is 18.1. The van der Waals surface area contributed by atoms with Crippen molar-refractivity contribution in [3.63, 3.8) is 0 Å². The van der Waals surface area contributed by atoms with E-state index in [1.807, 2.05) is 36.4 Å². The number of aromatic nitrogens is 3. The third kappa shape index (κ3) is 5.62. The van der Waals surface area contributed by atoms with E-state index in [9.17, 15) is 0 Å². The number of fused-ring (bicyclic) bond motifs is 8. The van der Waals surface area contributed by atoms with Crippen molar-refractivity contribution < 1.29 is 9.47 Å². The molecule has 0 saturated heterocycles. The van der Waals surface area contributed by atoms with Crippen molar-refractivity contribution in [2.75, 3.05) is 0 Å². The second kappa shape index (κ2) is 14.7. The summed E-state index contributed by atoms with van der Waals surface area (Å²) in [5.41, 5.74) is 16.4. The largest absolute Gasteiger partial charge is 0.449 e. The summed E-state index contributed by atoms with van der Waals surface area (Å²) in [5.74, 6) is 4.54. The molecular weight excluding hydrogens is 807 g/mol. The van der Waals surface area contributed by atoms with Crippen molar-refractivity contribution in [2.24, 2.45) is 0 Å².